The Kier molecular flexibility index (Phi) is 4.57. The van der Waals surface area contributed by atoms with Crippen molar-refractivity contribution in [1.29, 1.82) is 0 Å². The number of carboxylic acid groups (broad SMARTS) is 1. The van der Waals surface area contributed by atoms with Crippen LogP contribution in [0.4, 0.5) is 5.69 Å². The molecule has 1 aromatic rings. The number of nitro benzene ring substituents is 1. The van der Waals surface area contributed by atoms with Gasteiger partial charge in [-0.1, -0.05) is 19.1 Å². The molecule has 0 spiro atoms. The highest BCUT2D eigenvalue weighted by atomic mass is 16.6. The Morgan fingerprint density at radius 3 is 2.47 bits per heavy atom. The van der Waals surface area contributed by atoms with E-state index >= 15 is 0 Å². The van der Waals surface area contributed by atoms with E-state index in [9.17, 15) is 19.7 Å². The molecule has 19 heavy (non-hydrogen) atoms. The first kappa shape index (κ1) is 14.6. The first-order valence-electron chi connectivity index (χ1n) is 5.63. The standard InChI is InChI=1S/C12H14N2O5/c1-3-9(12(16)17)13(2)11(15)8-6-4-5-7-10(8)14(18)19/h4-7,9H,3H2,1-2H3,(H,16,17). The van der Waals surface area contributed by atoms with Gasteiger partial charge in [0.2, 0.25) is 0 Å². The molecule has 0 aliphatic carbocycles. The number of carboxylic acids is 1. The fourth-order valence-electron chi connectivity index (χ4n) is 1.76. The van der Waals surface area contributed by atoms with Gasteiger partial charge in [0, 0.05) is 13.1 Å². The summed E-state index contributed by atoms with van der Waals surface area (Å²) in [5, 5.41) is 19.8. The molecule has 0 bridgehead atoms. The second kappa shape index (κ2) is 5.94. The van der Waals surface area contributed by atoms with Crippen LogP contribution in [0.25, 0.3) is 0 Å². The number of hydrogen-bond donors (Lipinski definition) is 1. The topological polar surface area (TPSA) is 101 Å². The van der Waals surface area contributed by atoms with Crippen LogP contribution in [-0.4, -0.2) is 39.9 Å². The number of hydrogen-bond acceptors (Lipinski definition) is 4. The number of nitrogens with zero attached hydrogens (tertiary/aromatic N) is 2. The minimum Gasteiger partial charge on any atom is -0.480 e. The van der Waals surface area contributed by atoms with Gasteiger partial charge in [-0.15, -0.1) is 0 Å². The maximum atomic E-state index is 12.1. The molecule has 7 heteroatoms. The van der Waals surface area contributed by atoms with E-state index < -0.39 is 22.8 Å². The Morgan fingerprint density at radius 2 is 2.00 bits per heavy atom. The first-order valence-corrected chi connectivity index (χ1v) is 5.63. The van der Waals surface area contributed by atoms with Crippen molar-refractivity contribution in [2.24, 2.45) is 0 Å². The Morgan fingerprint density at radius 1 is 1.42 bits per heavy atom. The molecular formula is C12H14N2O5. The van der Waals surface area contributed by atoms with Gasteiger partial charge in [-0.2, -0.15) is 0 Å². The molecule has 102 valence electrons. The van der Waals surface area contributed by atoms with Crippen molar-refractivity contribution < 1.29 is 19.6 Å². The molecule has 0 heterocycles. The molecule has 1 N–H and O–H groups in total. The van der Waals surface area contributed by atoms with Crippen molar-refractivity contribution in [3.8, 4) is 0 Å². The summed E-state index contributed by atoms with van der Waals surface area (Å²) >= 11 is 0. The van der Waals surface area contributed by atoms with Gasteiger partial charge in [0.05, 0.1) is 4.92 Å². The third-order valence-corrected chi connectivity index (χ3v) is 2.79. The smallest absolute Gasteiger partial charge is 0.326 e. The second-order valence-electron chi connectivity index (χ2n) is 3.95. The summed E-state index contributed by atoms with van der Waals surface area (Å²) in [7, 11) is 1.32. The molecule has 7 nitrogen and oxygen atoms in total. The summed E-state index contributed by atoms with van der Waals surface area (Å²) in [5.41, 5.74) is -0.450. The van der Waals surface area contributed by atoms with Crippen molar-refractivity contribution in [3.63, 3.8) is 0 Å². The average molecular weight is 266 g/mol. The Balaban J connectivity index is 3.13. The summed E-state index contributed by atoms with van der Waals surface area (Å²) in [6, 6.07) is 4.46. The highest BCUT2D eigenvalue weighted by molar-refractivity contribution is 5.99. The van der Waals surface area contributed by atoms with Crippen molar-refractivity contribution in [1.82, 2.24) is 4.90 Å². The Labute approximate surface area is 109 Å². The maximum absolute atomic E-state index is 12.1. The van der Waals surface area contributed by atoms with Gasteiger partial charge in [-0.05, 0) is 12.5 Å². The van der Waals surface area contributed by atoms with Crippen LogP contribution < -0.4 is 0 Å². The number of aliphatic carboxylic acids is 1. The van der Waals surface area contributed by atoms with Crippen LogP contribution in [0.15, 0.2) is 24.3 Å². The largest absolute Gasteiger partial charge is 0.480 e. The molecule has 0 saturated heterocycles. The van der Waals surface area contributed by atoms with Gasteiger partial charge in [-0.25, -0.2) is 4.79 Å². The maximum Gasteiger partial charge on any atom is 0.326 e. The van der Waals surface area contributed by atoms with E-state index in [2.05, 4.69) is 0 Å². The summed E-state index contributed by atoms with van der Waals surface area (Å²) in [6.07, 6.45) is 0.220. The number of carbonyl (C=O) groups excluding carboxylic acids is 1. The number of benzene rings is 1. The fourth-order valence-corrected chi connectivity index (χ4v) is 1.76. The molecule has 0 fully saturated rings. The minimum absolute atomic E-state index is 0.116. The quantitative estimate of drug-likeness (QED) is 0.643. The summed E-state index contributed by atoms with van der Waals surface area (Å²) in [6.45, 7) is 1.63. The van der Waals surface area contributed by atoms with Crippen LogP contribution in [0.1, 0.15) is 23.7 Å². The summed E-state index contributed by atoms with van der Waals surface area (Å²) < 4.78 is 0. The molecular weight excluding hydrogens is 252 g/mol. The number of carbonyl (C=O) groups is 2. The van der Waals surface area contributed by atoms with Gasteiger partial charge in [0.15, 0.2) is 0 Å². The molecule has 1 rings (SSSR count). The number of nitro groups is 1. The van der Waals surface area contributed by atoms with E-state index in [1.165, 1.54) is 31.3 Å². The number of amides is 1. The van der Waals surface area contributed by atoms with Crippen molar-refractivity contribution in [2.45, 2.75) is 19.4 Å². The van der Waals surface area contributed by atoms with Crippen LogP contribution in [0.5, 0.6) is 0 Å². The third-order valence-electron chi connectivity index (χ3n) is 2.79. The van der Waals surface area contributed by atoms with Crippen LogP contribution in [0.2, 0.25) is 0 Å². The molecule has 1 unspecified atom stereocenters. The number of para-hydroxylation sites is 1. The summed E-state index contributed by atoms with van der Waals surface area (Å²) in [5.74, 6) is -1.82. The normalized spacial score (nSPS) is 11.7. The van der Waals surface area contributed by atoms with Crippen LogP contribution in [-0.2, 0) is 4.79 Å². The van der Waals surface area contributed by atoms with Gasteiger partial charge in [0.1, 0.15) is 11.6 Å². The third kappa shape index (κ3) is 3.06. The van der Waals surface area contributed by atoms with E-state index in [1.54, 1.807) is 6.92 Å². The molecule has 0 saturated carbocycles. The van der Waals surface area contributed by atoms with Gasteiger partial charge in [-0.3, -0.25) is 14.9 Å². The molecule has 0 aliphatic heterocycles. The average Bonchev–Trinajstić information content (AvgIpc) is 2.38. The highest BCUT2D eigenvalue weighted by Crippen LogP contribution is 2.20. The minimum atomic E-state index is -1.14. The lowest BCUT2D eigenvalue weighted by Gasteiger charge is -2.23. The zero-order chi connectivity index (χ0) is 14.6. The SMILES string of the molecule is CCC(C(=O)O)N(C)C(=O)c1ccccc1[N+](=O)[O-]. The fraction of sp³-hybridized carbons (Fsp3) is 0.333. The summed E-state index contributed by atoms with van der Waals surface area (Å²) in [4.78, 5) is 34.3. The molecule has 0 aromatic heterocycles. The van der Waals surface area contributed by atoms with Crippen molar-refractivity contribution >= 4 is 17.6 Å². The van der Waals surface area contributed by atoms with E-state index in [0.29, 0.717) is 0 Å². The monoisotopic (exact) mass is 266 g/mol. The molecule has 1 aromatic carbocycles. The lowest BCUT2D eigenvalue weighted by molar-refractivity contribution is -0.385. The predicted molar refractivity (Wildman–Crippen MR) is 66.9 cm³/mol. The van der Waals surface area contributed by atoms with Crippen molar-refractivity contribution in [2.75, 3.05) is 7.05 Å². The van der Waals surface area contributed by atoms with E-state index in [0.717, 1.165) is 4.90 Å². The van der Waals surface area contributed by atoms with E-state index in [-0.39, 0.29) is 17.7 Å². The predicted octanol–water partition coefficient (Wildman–Crippen LogP) is 1.53. The molecule has 0 radical (unpaired) electrons. The zero-order valence-corrected chi connectivity index (χ0v) is 10.6. The number of likely N-dealkylation sites (N-methyl/N-ethyl adjacent to an activating group) is 1. The van der Waals surface area contributed by atoms with Gasteiger partial charge < -0.3 is 10.0 Å². The molecule has 1 amide bonds. The van der Waals surface area contributed by atoms with Crippen LogP contribution >= 0.6 is 0 Å². The van der Waals surface area contributed by atoms with Gasteiger partial charge >= 0.3 is 5.97 Å². The van der Waals surface area contributed by atoms with E-state index in [4.69, 9.17) is 5.11 Å². The van der Waals surface area contributed by atoms with Crippen LogP contribution in [0, 0.1) is 10.1 Å². The Bertz CT molecular complexity index is 515. The highest BCUT2D eigenvalue weighted by Gasteiger charge is 2.29. The second-order valence-corrected chi connectivity index (χ2v) is 3.95. The van der Waals surface area contributed by atoms with Crippen molar-refractivity contribution in [3.05, 3.63) is 39.9 Å². The van der Waals surface area contributed by atoms with Gasteiger partial charge in [0.25, 0.3) is 11.6 Å². The lowest BCUT2D eigenvalue weighted by atomic mass is 10.1. The first-order chi connectivity index (χ1) is 8.90. The number of rotatable bonds is 5. The molecule has 0 aliphatic rings. The zero-order valence-electron chi connectivity index (χ0n) is 10.6. The van der Waals surface area contributed by atoms with E-state index in [1.807, 2.05) is 0 Å². The lowest BCUT2D eigenvalue weighted by Crippen LogP contribution is -2.42. The molecule has 1 atom stereocenters. The van der Waals surface area contributed by atoms with Crippen LogP contribution in [0.3, 0.4) is 0 Å². The Hall–Kier alpha value is -2.44.